The molecular formula is C36H45F5N2O2. The smallest absolute Gasteiger partial charge is 0.406 e. The highest BCUT2D eigenvalue weighted by Gasteiger charge is 2.31. The predicted octanol–water partition coefficient (Wildman–Crippen LogP) is 11.0. The van der Waals surface area contributed by atoms with Gasteiger partial charge in [0.1, 0.15) is 28.7 Å². The highest BCUT2D eigenvalue weighted by Crippen LogP contribution is 2.30. The molecule has 45 heavy (non-hydrogen) atoms. The highest BCUT2D eigenvalue weighted by molar-refractivity contribution is 5.94. The third-order valence-electron chi connectivity index (χ3n) is 7.30. The summed E-state index contributed by atoms with van der Waals surface area (Å²) < 4.78 is 67.8. The van der Waals surface area contributed by atoms with E-state index in [1.807, 2.05) is 43.5 Å². The molecule has 1 unspecified atom stereocenters. The minimum absolute atomic E-state index is 0.0545. The van der Waals surface area contributed by atoms with Crippen molar-refractivity contribution in [2.45, 2.75) is 106 Å². The number of rotatable bonds is 10. The first-order valence-electron chi connectivity index (χ1n) is 15.5. The second kappa shape index (κ2) is 17.7. The van der Waals surface area contributed by atoms with Crippen LogP contribution in [0.1, 0.15) is 111 Å². The summed E-state index contributed by atoms with van der Waals surface area (Å²) in [5, 5.41) is 0. The first-order chi connectivity index (χ1) is 21.2. The zero-order valence-corrected chi connectivity index (χ0v) is 27.3. The standard InChI is InChI=1S/C15H21F3O.C11H12N2O.C10H12F2/c1-3-5-7-12(6-4-2)13-8-10-14(11-9-13)19-15(16,17)18;1-7-4-5-13-10(6-7)12-8(2)11(13)9(3)14;1-3-4-8-5-9(11)7(2)10(12)6-8/h8-12H,3-7H2,1-2H3;4-6H,1-3H3;5-6H,3-4H2,1-2H3. The molecule has 0 bridgehead atoms. The van der Waals surface area contributed by atoms with Crippen molar-refractivity contribution in [2.24, 2.45) is 0 Å². The van der Waals surface area contributed by atoms with Crippen molar-refractivity contribution in [3.8, 4) is 5.75 Å². The SMILES string of the molecule is CC(=O)c1c(C)nc2cc(C)ccn12.CCCCC(CCC)c1ccc(OC(F)(F)F)cc1.CCCc1cc(F)c(C)c(F)c1. The van der Waals surface area contributed by atoms with Gasteiger partial charge >= 0.3 is 6.36 Å². The van der Waals surface area contributed by atoms with Gasteiger partial charge in [0, 0.05) is 18.7 Å². The molecular weight excluding hydrogens is 587 g/mol. The number of carbonyl (C=O) groups is 1. The van der Waals surface area contributed by atoms with E-state index in [-0.39, 0.29) is 17.1 Å². The van der Waals surface area contributed by atoms with Gasteiger partial charge in [-0.15, -0.1) is 13.2 Å². The van der Waals surface area contributed by atoms with E-state index >= 15 is 0 Å². The van der Waals surface area contributed by atoms with Gasteiger partial charge in [0.15, 0.2) is 5.78 Å². The molecule has 4 rings (SSSR count). The van der Waals surface area contributed by atoms with E-state index in [9.17, 15) is 26.7 Å². The maximum absolute atomic E-state index is 12.9. The number of aryl methyl sites for hydroxylation is 3. The maximum atomic E-state index is 12.9. The predicted molar refractivity (Wildman–Crippen MR) is 170 cm³/mol. The van der Waals surface area contributed by atoms with Crippen LogP contribution in [-0.2, 0) is 6.42 Å². The Morgan fingerprint density at radius 1 is 0.889 bits per heavy atom. The Hall–Kier alpha value is -3.75. The molecule has 0 amide bonds. The molecule has 0 fully saturated rings. The number of Topliss-reactive ketones (excluding diaryl/α,β-unsaturated/α-hetero) is 1. The number of halogens is 5. The van der Waals surface area contributed by atoms with Crippen LogP contribution in [-0.4, -0.2) is 21.5 Å². The Bertz CT molecular complexity index is 1490. The van der Waals surface area contributed by atoms with Crippen molar-refractivity contribution in [3.05, 3.63) is 100 Å². The van der Waals surface area contributed by atoms with Gasteiger partial charge in [-0.2, -0.15) is 0 Å². The average Bonchev–Trinajstić information content (AvgIpc) is 3.29. The zero-order chi connectivity index (χ0) is 33.7. The van der Waals surface area contributed by atoms with Crippen molar-refractivity contribution in [1.29, 1.82) is 0 Å². The third kappa shape index (κ3) is 11.9. The van der Waals surface area contributed by atoms with Crippen molar-refractivity contribution < 1.29 is 31.5 Å². The highest BCUT2D eigenvalue weighted by atomic mass is 19.4. The van der Waals surface area contributed by atoms with Crippen LogP contribution in [0.4, 0.5) is 22.0 Å². The van der Waals surface area contributed by atoms with Crippen molar-refractivity contribution in [3.63, 3.8) is 0 Å². The van der Waals surface area contributed by atoms with Gasteiger partial charge in [0.05, 0.1) is 5.69 Å². The number of ketones is 1. The van der Waals surface area contributed by atoms with Crippen LogP contribution in [0.15, 0.2) is 54.7 Å². The molecule has 246 valence electrons. The van der Waals surface area contributed by atoms with Gasteiger partial charge in [-0.25, -0.2) is 13.8 Å². The second-order valence-corrected chi connectivity index (χ2v) is 11.2. The molecule has 2 aromatic heterocycles. The number of fused-ring (bicyclic) bond motifs is 1. The van der Waals surface area contributed by atoms with Gasteiger partial charge in [0.2, 0.25) is 0 Å². The molecule has 0 spiro atoms. The fraction of sp³-hybridized carbons (Fsp3) is 0.444. The lowest BCUT2D eigenvalue weighted by atomic mass is 9.90. The molecule has 1 atom stereocenters. The first kappa shape index (κ1) is 37.4. The summed E-state index contributed by atoms with van der Waals surface area (Å²) in [7, 11) is 0. The van der Waals surface area contributed by atoms with Crippen LogP contribution < -0.4 is 4.74 Å². The molecule has 0 aliphatic carbocycles. The van der Waals surface area contributed by atoms with Crippen LogP contribution in [0.2, 0.25) is 0 Å². The number of carbonyl (C=O) groups excluding carboxylic acids is 1. The molecule has 2 aromatic carbocycles. The molecule has 2 heterocycles. The molecule has 0 aliphatic rings. The summed E-state index contributed by atoms with van der Waals surface area (Å²) in [6, 6.07) is 13.0. The third-order valence-corrected chi connectivity index (χ3v) is 7.30. The van der Waals surface area contributed by atoms with Crippen molar-refractivity contribution >= 4 is 11.4 Å². The van der Waals surface area contributed by atoms with Gasteiger partial charge in [0.25, 0.3) is 0 Å². The van der Waals surface area contributed by atoms with Gasteiger partial charge in [-0.3, -0.25) is 9.20 Å². The summed E-state index contributed by atoms with van der Waals surface area (Å²) >= 11 is 0. The number of hydrogen-bond donors (Lipinski definition) is 0. The normalized spacial score (nSPS) is 11.7. The Morgan fingerprint density at radius 3 is 2.02 bits per heavy atom. The Balaban J connectivity index is 0.000000242. The van der Waals surface area contributed by atoms with Crippen molar-refractivity contribution in [1.82, 2.24) is 9.38 Å². The number of unbranched alkanes of at least 4 members (excludes halogenated alkanes) is 1. The number of aromatic nitrogens is 2. The summed E-state index contributed by atoms with van der Waals surface area (Å²) in [6.45, 7) is 13.1. The lowest BCUT2D eigenvalue weighted by Crippen LogP contribution is -2.17. The number of pyridine rings is 1. The van der Waals surface area contributed by atoms with Crippen LogP contribution >= 0.6 is 0 Å². The molecule has 9 heteroatoms. The maximum Gasteiger partial charge on any atom is 0.573 e. The topological polar surface area (TPSA) is 43.6 Å². The monoisotopic (exact) mass is 632 g/mol. The van der Waals surface area contributed by atoms with Crippen molar-refractivity contribution in [2.75, 3.05) is 0 Å². The van der Waals surface area contributed by atoms with E-state index in [0.717, 1.165) is 73.0 Å². The van der Waals surface area contributed by atoms with Crippen LogP contribution in [0.25, 0.3) is 5.65 Å². The van der Waals surface area contributed by atoms with E-state index < -0.39 is 18.0 Å². The lowest BCUT2D eigenvalue weighted by molar-refractivity contribution is -0.274. The minimum atomic E-state index is -4.62. The second-order valence-electron chi connectivity index (χ2n) is 11.2. The van der Waals surface area contributed by atoms with Gasteiger partial charge < -0.3 is 4.74 Å². The van der Waals surface area contributed by atoms with E-state index in [4.69, 9.17) is 0 Å². The quantitative estimate of drug-likeness (QED) is 0.129. The van der Waals surface area contributed by atoms with Crippen LogP contribution in [0.5, 0.6) is 5.75 Å². The lowest BCUT2D eigenvalue weighted by Gasteiger charge is -2.17. The molecule has 4 nitrogen and oxygen atoms in total. The average molecular weight is 633 g/mol. The fourth-order valence-corrected chi connectivity index (χ4v) is 5.04. The zero-order valence-electron chi connectivity index (χ0n) is 27.3. The number of ether oxygens (including phenoxy) is 1. The van der Waals surface area contributed by atoms with Gasteiger partial charge in [-0.1, -0.05) is 58.6 Å². The first-order valence-corrected chi connectivity index (χ1v) is 15.5. The van der Waals surface area contributed by atoms with E-state index in [2.05, 4.69) is 23.6 Å². The molecule has 0 saturated carbocycles. The minimum Gasteiger partial charge on any atom is -0.406 e. The largest absolute Gasteiger partial charge is 0.573 e. The molecule has 0 aliphatic heterocycles. The molecule has 0 radical (unpaired) electrons. The molecule has 4 aromatic rings. The summed E-state index contributed by atoms with van der Waals surface area (Å²) in [5.74, 6) is -0.553. The van der Waals surface area contributed by atoms with E-state index in [0.29, 0.717) is 11.6 Å². The number of benzene rings is 2. The number of imidazole rings is 1. The van der Waals surface area contributed by atoms with Gasteiger partial charge in [-0.05, 0) is 99.0 Å². The molecule has 0 N–H and O–H groups in total. The number of hydrogen-bond acceptors (Lipinski definition) is 3. The van der Waals surface area contributed by atoms with Crippen LogP contribution in [0.3, 0.4) is 0 Å². The Kier molecular flexibility index (Phi) is 14.7. The summed E-state index contributed by atoms with van der Waals surface area (Å²) in [5.41, 5.74) is 5.41. The summed E-state index contributed by atoms with van der Waals surface area (Å²) in [6.07, 6.45) is 4.42. The Labute approximate surface area is 263 Å². The van der Waals surface area contributed by atoms with E-state index in [1.165, 1.54) is 31.2 Å². The Morgan fingerprint density at radius 2 is 1.51 bits per heavy atom. The number of alkyl halides is 3. The number of nitrogens with zero attached hydrogens (tertiary/aromatic N) is 2. The molecule has 0 saturated heterocycles. The summed E-state index contributed by atoms with van der Waals surface area (Å²) in [4.78, 5) is 15.7. The fourth-order valence-electron chi connectivity index (χ4n) is 5.04. The van der Waals surface area contributed by atoms with E-state index in [1.54, 1.807) is 19.1 Å². The van der Waals surface area contributed by atoms with Crippen LogP contribution in [0, 0.1) is 32.4 Å².